The number of rotatable bonds is 7. The minimum Gasteiger partial charge on any atom is -0.463 e. The predicted octanol–water partition coefficient (Wildman–Crippen LogP) is 2.91. The molecule has 110 valence electrons. The van der Waals surface area contributed by atoms with Gasteiger partial charge in [-0.2, -0.15) is 0 Å². The number of carbonyl (C=O) groups is 1. The van der Waals surface area contributed by atoms with Crippen LogP contribution in [0.3, 0.4) is 0 Å². The van der Waals surface area contributed by atoms with Crippen LogP contribution in [0, 0.1) is 5.92 Å². The second-order valence-corrected chi connectivity index (χ2v) is 4.78. The van der Waals surface area contributed by atoms with Crippen molar-refractivity contribution in [3.63, 3.8) is 0 Å². The van der Waals surface area contributed by atoms with Crippen LogP contribution in [-0.4, -0.2) is 30.7 Å². The number of hydrogen-bond acceptors (Lipinski definition) is 5. The van der Waals surface area contributed by atoms with E-state index < -0.39 is 5.79 Å². The molecule has 0 heterocycles. The quantitative estimate of drug-likeness (QED) is 0.254. The van der Waals surface area contributed by atoms with Crippen LogP contribution in [0.5, 0.6) is 0 Å². The standard InChI is InChI=1S/C14H24O5/c1-3-18-13(15)10-5-4-8-12-9-6-7-11-14(12,17-2)19-16/h5,10,12,16H,3-4,6-9,11H2,1-2H3/b10-5+. The second-order valence-electron chi connectivity index (χ2n) is 4.78. The minimum absolute atomic E-state index is 0.142. The molecule has 5 heteroatoms. The smallest absolute Gasteiger partial charge is 0.330 e. The Balaban J connectivity index is 2.43. The summed E-state index contributed by atoms with van der Waals surface area (Å²) in [4.78, 5) is 15.8. The first-order chi connectivity index (χ1) is 9.18. The Bertz CT molecular complexity index is 296. The molecular weight excluding hydrogens is 248 g/mol. The number of ether oxygens (including phenoxy) is 2. The molecule has 0 aromatic rings. The Morgan fingerprint density at radius 2 is 2.26 bits per heavy atom. The van der Waals surface area contributed by atoms with E-state index in [2.05, 4.69) is 4.89 Å². The van der Waals surface area contributed by atoms with Gasteiger partial charge in [-0.05, 0) is 32.6 Å². The molecule has 2 unspecified atom stereocenters. The summed E-state index contributed by atoms with van der Waals surface area (Å²) in [6.45, 7) is 2.16. The summed E-state index contributed by atoms with van der Waals surface area (Å²) in [5.74, 6) is -1.05. The van der Waals surface area contributed by atoms with Crippen LogP contribution in [0.15, 0.2) is 12.2 Å². The average molecular weight is 272 g/mol. The first-order valence-electron chi connectivity index (χ1n) is 6.89. The van der Waals surface area contributed by atoms with Crippen LogP contribution in [-0.2, 0) is 19.2 Å². The lowest BCUT2D eigenvalue weighted by Crippen LogP contribution is -2.44. The van der Waals surface area contributed by atoms with Crippen molar-refractivity contribution >= 4 is 5.97 Å². The number of allylic oxidation sites excluding steroid dienone is 1. The molecule has 1 aliphatic carbocycles. The van der Waals surface area contributed by atoms with Gasteiger partial charge in [0.25, 0.3) is 0 Å². The second kappa shape index (κ2) is 8.30. The summed E-state index contributed by atoms with van der Waals surface area (Å²) in [5.41, 5.74) is 0. The fourth-order valence-electron chi connectivity index (χ4n) is 2.64. The highest BCUT2D eigenvalue weighted by Crippen LogP contribution is 2.39. The number of hydrogen-bond donors (Lipinski definition) is 1. The van der Waals surface area contributed by atoms with Gasteiger partial charge in [-0.15, -0.1) is 0 Å². The fourth-order valence-corrected chi connectivity index (χ4v) is 2.64. The Hall–Kier alpha value is -0.910. The molecule has 0 aromatic carbocycles. The highest BCUT2D eigenvalue weighted by atomic mass is 17.1. The van der Waals surface area contributed by atoms with Gasteiger partial charge in [-0.25, -0.2) is 14.9 Å². The molecule has 0 aliphatic heterocycles. The topological polar surface area (TPSA) is 65.0 Å². The molecule has 5 nitrogen and oxygen atoms in total. The van der Waals surface area contributed by atoms with Gasteiger partial charge in [-0.3, -0.25) is 0 Å². The summed E-state index contributed by atoms with van der Waals surface area (Å²) in [7, 11) is 1.56. The van der Waals surface area contributed by atoms with Gasteiger partial charge in [0, 0.05) is 25.5 Å². The van der Waals surface area contributed by atoms with Gasteiger partial charge in [0.05, 0.1) is 6.61 Å². The SMILES string of the molecule is CCOC(=O)/C=C/CCC1CCCCC1(OC)OO. The van der Waals surface area contributed by atoms with E-state index in [1.54, 1.807) is 20.1 Å². The van der Waals surface area contributed by atoms with E-state index in [0.717, 1.165) is 32.1 Å². The maximum atomic E-state index is 11.1. The Kier molecular flexibility index (Phi) is 7.05. The molecular formula is C14H24O5. The summed E-state index contributed by atoms with van der Waals surface area (Å²) in [6.07, 6.45) is 8.55. The number of carbonyl (C=O) groups excluding carboxylic acids is 1. The summed E-state index contributed by atoms with van der Waals surface area (Å²) < 4.78 is 10.2. The Morgan fingerprint density at radius 3 is 2.89 bits per heavy atom. The molecule has 1 fully saturated rings. The number of methoxy groups -OCH3 is 1. The van der Waals surface area contributed by atoms with E-state index in [0.29, 0.717) is 13.0 Å². The van der Waals surface area contributed by atoms with E-state index in [-0.39, 0.29) is 11.9 Å². The van der Waals surface area contributed by atoms with Crippen molar-refractivity contribution in [2.24, 2.45) is 5.92 Å². The molecule has 1 rings (SSSR count). The molecule has 0 spiro atoms. The van der Waals surface area contributed by atoms with Crippen molar-refractivity contribution in [1.29, 1.82) is 0 Å². The first kappa shape index (κ1) is 16.1. The molecule has 0 radical (unpaired) electrons. The van der Waals surface area contributed by atoms with Crippen LogP contribution >= 0.6 is 0 Å². The van der Waals surface area contributed by atoms with Crippen LogP contribution in [0.4, 0.5) is 0 Å². The van der Waals surface area contributed by atoms with Crippen LogP contribution < -0.4 is 0 Å². The molecule has 19 heavy (non-hydrogen) atoms. The van der Waals surface area contributed by atoms with Crippen LogP contribution in [0.1, 0.15) is 45.4 Å². The maximum Gasteiger partial charge on any atom is 0.330 e. The highest BCUT2D eigenvalue weighted by molar-refractivity contribution is 5.81. The Morgan fingerprint density at radius 1 is 1.47 bits per heavy atom. The lowest BCUT2D eigenvalue weighted by molar-refractivity contribution is -0.422. The third-order valence-electron chi connectivity index (χ3n) is 3.67. The van der Waals surface area contributed by atoms with Crippen molar-refractivity contribution in [3.8, 4) is 0 Å². The van der Waals surface area contributed by atoms with Crippen molar-refractivity contribution in [3.05, 3.63) is 12.2 Å². The highest BCUT2D eigenvalue weighted by Gasteiger charge is 2.42. The number of esters is 1. The van der Waals surface area contributed by atoms with Gasteiger partial charge in [0.1, 0.15) is 0 Å². The van der Waals surface area contributed by atoms with E-state index >= 15 is 0 Å². The van der Waals surface area contributed by atoms with Gasteiger partial charge in [0.2, 0.25) is 5.79 Å². The first-order valence-corrected chi connectivity index (χ1v) is 6.89. The lowest BCUT2D eigenvalue weighted by atomic mass is 9.80. The molecule has 1 N–H and O–H groups in total. The average Bonchev–Trinajstić information content (AvgIpc) is 2.44. The van der Waals surface area contributed by atoms with Crippen molar-refractivity contribution in [2.45, 2.75) is 51.2 Å². The molecule has 1 aliphatic rings. The third-order valence-corrected chi connectivity index (χ3v) is 3.67. The van der Waals surface area contributed by atoms with E-state index in [1.807, 2.05) is 0 Å². The molecule has 0 amide bonds. The van der Waals surface area contributed by atoms with E-state index in [1.165, 1.54) is 6.08 Å². The fraction of sp³-hybridized carbons (Fsp3) is 0.786. The summed E-state index contributed by atoms with van der Waals surface area (Å²) >= 11 is 0. The third kappa shape index (κ3) is 4.60. The van der Waals surface area contributed by atoms with Gasteiger partial charge < -0.3 is 9.47 Å². The van der Waals surface area contributed by atoms with Gasteiger partial charge in [0.15, 0.2) is 0 Å². The normalized spacial score (nSPS) is 27.6. The van der Waals surface area contributed by atoms with E-state index in [9.17, 15) is 4.79 Å². The molecule has 0 saturated heterocycles. The lowest BCUT2D eigenvalue weighted by Gasteiger charge is -2.39. The van der Waals surface area contributed by atoms with Crippen molar-refractivity contribution in [2.75, 3.05) is 13.7 Å². The predicted molar refractivity (Wildman–Crippen MR) is 70.4 cm³/mol. The largest absolute Gasteiger partial charge is 0.463 e. The zero-order chi connectivity index (χ0) is 14.1. The molecule has 0 bridgehead atoms. The van der Waals surface area contributed by atoms with Crippen molar-refractivity contribution in [1.82, 2.24) is 0 Å². The summed E-state index contributed by atoms with van der Waals surface area (Å²) in [6, 6.07) is 0. The van der Waals surface area contributed by atoms with Crippen LogP contribution in [0.2, 0.25) is 0 Å². The van der Waals surface area contributed by atoms with Crippen LogP contribution in [0.25, 0.3) is 0 Å². The molecule has 2 atom stereocenters. The summed E-state index contributed by atoms with van der Waals surface area (Å²) in [5, 5.41) is 9.11. The maximum absolute atomic E-state index is 11.1. The van der Waals surface area contributed by atoms with Gasteiger partial charge >= 0.3 is 5.97 Å². The molecule has 1 saturated carbocycles. The van der Waals surface area contributed by atoms with Gasteiger partial charge in [-0.1, -0.05) is 12.5 Å². The van der Waals surface area contributed by atoms with Crippen molar-refractivity contribution < 1.29 is 24.4 Å². The van der Waals surface area contributed by atoms with E-state index in [4.69, 9.17) is 14.7 Å². The zero-order valence-corrected chi connectivity index (χ0v) is 11.8. The molecule has 0 aromatic heterocycles. The Labute approximate surface area is 114 Å². The zero-order valence-electron chi connectivity index (χ0n) is 11.8. The monoisotopic (exact) mass is 272 g/mol. The minimum atomic E-state index is -0.879.